The van der Waals surface area contributed by atoms with E-state index in [2.05, 4.69) is 4.98 Å². The third-order valence-electron chi connectivity index (χ3n) is 3.24. The van der Waals surface area contributed by atoms with Gasteiger partial charge in [0, 0.05) is 0 Å². The lowest BCUT2D eigenvalue weighted by atomic mass is 10.2. The zero-order valence-electron chi connectivity index (χ0n) is 10.7. The van der Waals surface area contributed by atoms with E-state index in [0.717, 1.165) is 10.1 Å². The molecule has 20 heavy (non-hydrogen) atoms. The summed E-state index contributed by atoms with van der Waals surface area (Å²) in [6.07, 6.45) is 0. The first-order chi connectivity index (χ1) is 9.59. The quantitative estimate of drug-likeness (QED) is 0.736. The standard InChI is InChI=1S/C15H11FN2O2/c1-9-5-2-3-8-12(9)18-14(19)10-6-4-7-11(16)13(10)17-15(18)20/h2-8H,1H3,(H,17,20). The molecule has 1 aromatic heterocycles. The summed E-state index contributed by atoms with van der Waals surface area (Å²) in [7, 11) is 0. The predicted molar refractivity (Wildman–Crippen MR) is 74.9 cm³/mol. The van der Waals surface area contributed by atoms with Crippen LogP contribution in [0.1, 0.15) is 5.56 Å². The molecule has 0 aliphatic carbocycles. The van der Waals surface area contributed by atoms with Crippen LogP contribution in [-0.4, -0.2) is 9.55 Å². The molecule has 5 heteroatoms. The number of aromatic amines is 1. The number of halogens is 1. The summed E-state index contributed by atoms with van der Waals surface area (Å²) < 4.78 is 14.7. The summed E-state index contributed by atoms with van der Waals surface area (Å²) in [6.45, 7) is 1.80. The Morgan fingerprint density at radius 2 is 1.80 bits per heavy atom. The second kappa shape index (κ2) is 4.45. The maximum atomic E-state index is 13.6. The Kier molecular flexibility index (Phi) is 2.75. The minimum Gasteiger partial charge on any atom is -0.304 e. The number of para-hydroxylation sites is 2. The summed E-state index contributed by atoms with van der Waals surface area (Å²) in [4.78, 5) is 27.0. The molecule has 0 radical (unpaired) electrons. The van der Waals surface area contributed by atoms with E-state index in [0.29, 0.717) is 5.69 Å². The van der Waals surface area contributed by atoms with E-state index < -0.39 is 17.1 Å². The maximum Gasteiger partial charge on any atom is 0.333 e. The molecule has 2 aromatic carbocycles. The number of rotatable bonds is 1. The molecule has 0 saturated heterocycles. The van der Waals surface area contributed by atoms with Gasteiger partial charge in [0.1, 0.15) is 5.82 Å². The van der Waals surface area contributed by atoms with Crippen LogP contribution in [0.3, 0.4) is 0 Å². The molecular weight excluding hydrogens is 259 g/mol. The van der Waals surface area contributed by atoms with E-state index in [1.54, 1.807) is 25.1 Å². The topological polar surface area (TPSA) is 54.9 Å². The van der Waals surface area contributed by atoms with Crippen molar-refractivity contribution < 1.29 is 4.39 Å². The number of hydrogen-bond acceptors (Lipinski definition) is 2. The summed E-state index contributed by atoms with van der Waals surface area (Å²) in [5.41, 5.74) is 0.0348. The first-order valence-corrected chi connectivity index (χ1v) is 6.09. The highest BCUT2D eigenvalue weighted by molar-refractivity contribution is 5.78. The number of H-pyrrole nitrogens is 1. The molecule has 0 fully saturated rings. The molecule has 0 spiro atoms. The lowest BCUT2D eigenvalue weighted by Crippen LogP contribution is -2.34. The van der Waals surface area contributed by atoms with Gasteiger partial charge < -0.3 is 4.98 Å². The summed E-state index contributed by atoms with van der Waals surface area (Å²) >= 11 is 0. The van der Waals surface area contributed by atoms with Crippen LogP contribution in [-0.2, 0) is 0 Å². The van der Waals surface area contributed by atoms with E-state index in [1.165, 1.54) is 18.2 Å². The van der Waals surface area contributed by atoms with Crippen LogP contribution < -0.4 is 11.2 Å². The second-order valence-electron chi connectivity index (χ2n) is 4.52. The minimum absolute atomic E-state index is 0.0627. The van der Waals surface area contributed by atoms with Crippen LogP contribution in [0, 0.1) is 12.7 Å². The molecule has 100 valence electrons. The molecule has 1 heterocycles. The highest BCUT2D eigenvalue weighted by atomic mass is 19.1. The van der Waals surface area contributed by atoms with Gasteiger partial charge in [-0.25, -0.2) is 13.8 Å². The van der Waals surface area contributed by atoms with Gasteiger partial charge in [0.05, 0.1) is 16.6 Å². The summed E-state index contributed by atoms with van der Waals surface area (Å²) in [5, 5.41) is 0.146. The van der Waals surface area contributed by atoms with E-state index in [4.69, 9.17) is 0 Å². The van der Waals surface area contributed by atoms with E-state index in [1.807, 2.05) is 6.07 Å². The van der Waals surface area contributed by atoms with Gasteiger partial charge in [0.2, 0.25) is 0 Å². The lowest BCUT2D eigenvalue weighted by Gasteiger charge is -2.09. The normalized spacial score (nSPS) is 10.9. The monoisotopic (exact) mass is 270 g/mol. The number of nitrogens with zero attached hydrogens (tertiary/aromatic N) is 1. The van der Waals surface area contributed by atoms with E-state index >= 15 is 0 Å². The number of aromatic nitrogens is 2. The van der Waals surface area contributed by atoms with Crippen LogP contribution in [0.15, 0.2) is 52.1 Å². The van der Waals surface area contributed by atoms with Crippen LogP contribution in [0.2, 0.25) is 0 Å². The van der Waals surface area contributed by atoms with Crippen LogP contribution in [0.4, 0.5) is 4.39 Å². The van der Waals surface area contributed by atoms with E-state index in [-0.39, 0.29) is 10.9 Å². The molecule has 0 saturated carbocycles. The molecule has 3 aromatic rings. The highest BCUT2D eigenvalue weighted by Gasteiger charge is 2.12. The lowest BCUT2D eigenvalue weighted by molar-refractivity contribution is 0.635. The molecule has 0 amide bonds. The Bertz CT molecular complexity index is 925. The van der Waals surface area contributed by atoms with Gasteiger partial charge in [-0.05, 0) is 30.7 Å². The van der Waals surface area contributed by atoms with Crippen molar-refractivity contribution in [2.24, 2.45) is 0 Å². The smallest absolute Gasteiger partial charge is 0.304 e. The fraction of sp³-hybridized carbons (Fsp3) is 0.0667. The average molecular weight is 270 g/mol. The van der Waals surface area contributed by atoms with Gasteiger partial charge in [-0.2, -0.15) is 0 Å². The van der Waals surface area contributed by atoms with Gasteiger partial charge >= 0.3 is 5.69 Å². The molecule has 0 atom stereocenters. The first kappa shape index (κ1) is 12.3. The van der Waals surface area contributed by atoms with Crippen molar-refractivity contribution in [1.82, 2.24) is 9.55 Å². The molecule has 4 nitrogen and oxygen atoms in total. The maximum absolute atomic E-state index is 13.6. The zero-order valence-corrected chi connectivity index (χ0v) is 10.7. The Morgan fingerprint density at radius 3 is 2.55 bits per heavy atom. The first-order valence-electron chi connectivity index (χ1n) is 6.09. The van der Waals surface area contributed by atoms with Gasteiger partial charge in [-0.3, -0.25) is 4.79 Å². The number of nitrogens with one attached hydrogen (secondary N) is 1. The Balaban J connectivity index is 2.48. The number of aryl methyl sites for hydroxylation is 1. The largest absolute Gasteiger partial charge is 0.333 e. The number of fused-ring (bicyclic) bond motifs is 1. The Morgan fingerprint density at radius 1 is 1.05 bits per heavy atom. The molecule has 3 rings (SSSR count). The van der Waals surface area contributed by atoms with Crippen LogP contribution >= 0.6 is 0 Å². The SMILES string of the molecule is Cc1ccccc1-n1c(=O)[nH]c2c(F)cccc2c1=O. The van der Waals surface area contributed by atoms with Crippen molar-refractivity contribution in [3.05, 3.63) is 74.7 Å². The van der Waals surface area contributed by atoms with Crippen molar-refractivity contribution in [1.29, 1.82) is 0 Å². The third kappa shape index (κ3) is 1.75. The van der Waals surface area contributed by atoms with E-state index in [9.17, 15) is 14.0 Å². The van der Waals surface area contributed by atoms with Gasteiger partial charge in [-0.1, -0.05) is 24.3 Å². The van der Waals surface area contributed by atoms with Gasteiger partial charge in [-0.15, -0.1) is 0 Å². The fourth-order valence-corrected chi connectivity index (χ4v) is 2.24. The highest BCUT2D eigenvalue weighted by Crippen LogP contribution is 2.13. The third-order valence-corrected chi connectivity index (χ3v) is 3.24. The molecule has 1 N–H and O–H groups in total. The van der Waals surface area contributed by atoms with Crippen LogP contribution in [0.5, 0.6) is 0 Å². The molecule has 0 aliphatic heterocycles. The second-order valence-corrected chi connectivity index (χ2v) is 4.52. The molecular formula is C15H11FN2O2. The Hall–Kier alpha value is -2.69. The van der Waals surface area contributed by atoms with Crippen molar-refractivity contribution in [3.8, 4) is 5.69 Å². The Labute approximate surface area is 113 Å². The van der Waals surface area contributed by atoms with Crippen molar-refractivity contribution in [2.75, 3.05) is 0 Å². The summed E-state index contributed by atoms with van der Waals surface area (Å²) in [6, 6.07) is 11.2. The van der Waals surface area contributed by atoms with Crippen molar-refractivity contribution in [2.45, 2.75) is 6.92 Å². The van der Waals surface area contributed by atoms with Gasteiger partial charge in [0.15, 0.2) is 0 Å². The minimum atomic E-state index is -0.651. The predicted octanol–water partition coefficient (Wildman–Crippen LogP) is 2.13. The zero-order chi connectivity index (χ0) is 14.3. The van der Waals surface area contributed by atoms with Crippen molar-refractivity contribution in [3.63, 3.8) is 0 Å². The molecule has 0 aliphatic rings. The van der Waals surface area contributed by atoms with Crippen molar-refractivity contribution >= 4 is 10.9 Å². The number of benzene rings is 2. The van der Waals surface area contributed by atoms with Crippen LogP contribution in [0.25, 0.3) is 16.6 Å². The van der Waals surface area contributed by atoms with Gasteiger partial charge in [0.25, 0.3) is 5.56 Å². The average Bonchev–Trinajstić information content (AvgIpc) is 2.42. The number of hydrogen-bond donors (Lipinski definition) is 1. The molecule has 0 unspecified atom stereocenters. The summed E-state index contributed by atoms with van der Waals surface area (Å²) in [5.74, 6) is -0.617. The fourth-order valence-electron chi connectivity index (χ4n) is 2.24. The molecule has 0 bridgehead atoms.